The molecule has 0 radical (unpaired) electrons. The molecule has 1 aromatic carbocycles. The van der Waals surface area contributed by atoms with Gasteiger partial charge >= 0.3 is 0 Å². The van der Waals surface area contributed by atoms with E-state index in [0.717, 1.165) is 12.6 Å². The Morgan fingerprint density at radius 2 is 2.05 bits per heavy atom. The summed E-state index contributed by atoms with van der Waals surface area (Å²) in [7, 11) is 0. The Morgan fingerprint density at radius 1 is 1.24 bits per heavy atom. The number of para-hydroxylation sites is 1. The van der Waals surface area contributed by atoms with Crippen molar-refractivity contribution >= 4 is 5.69 Å². The Balaban J connectivity index is 1.72. The summed E-state index contributed by atoms with van der Waals surface area (Å²) in [5.74, 6) is 0. The minimum Gasteiger partial charge on any atom is -0.371 e. The molecule has 21 heavy (non-hydrogen) atoms. The molecule has 1 atom stereocenters. The van der Waals surface area contributed by atoms with Crippen molar-refractivity contribution in [3.8, 4) is 0 Å². The Bertz CT molecular complexity index is 466. The second kappa shape index (κ2) is 6.39. The smallest absolute Gasteiger partial charge is 0.0398 e. The van der Waals surface area contributed by atoms with E-state index in [1.54, 1.807) is 5.56 Å². The van der Waals surface area contributed by atoms with Crippen LogP contribution >= 0.6 is 0 Å². The summed E-state index contributed by atoms with van der Waals surface area (Å²) >= 11 is 0. The fraction of sp³-hybridized carbons (Fsp3) is 0.684. The molecule has 2 nitrogen and oxygen atoms in total. The van der Waals surface area contributed by atoms with Crippen LogP contribution < -0.4 is 10.2 Å². The van der Waals surface area contributed by atoms with Crippen LogP contribution in [0, 0.1) is 5.41 Å². The third-order valence-electron chi connectivity index (χ3n) is 5.28. The van der Waals surface area contributed by atoms with Crippen LogP contribution in [0.15, 0.2) is 24.3 Å². The molecule has 1 heterocycles. The second-order valence-electron chi connectivity index (χ2n) is 7.33. The summed E-state index contributed by atoms with van der Waals surface area (Å²) in [6.45, 7) is 8.36. The van der Waals surface area contributed by atoms with E-state index in [-0.39, 0.29) is 0 Å². The molecule has 0 spiro atoms. The van der Waals surface area contributed by atoms with Crippen LogP contribution in [0.25, 0.3) is 0 Å². The molecule has 0 amide bonds. The lowest BCUT2D eigenvalue weighted by atomic mass is 9.86. The summed E-state index contributed by atoms with van der Waals surface area (Å²) < 4.78 is 0. The molecule has 1 aromatic rings. The Morgan fingerprint density at radius 3 is 2.81 bits per heavy atom. The average molecular weight is 286 g/mol. The van der Waals surface area contributed by atoms with E-state index in [1.807, 2.05) is 0 Å². The summed E-state index contributed by atoms with van der Waals surface area (Å²) in [5, 5.41) is 3.75. The van der Waals surface area contributed by atoms with Crippen molar-refractivity contribution in [2.45, 2.75) is 58.4 Å². The Kier molecular flexibility index (Phi) is 4.54. The average Bonchev–Trinajstić information content (AvgIpc) is 3.33. The zero-order chi connectivity index (χ0) is 14.7. The number of rotatable bonds is 6. The minimum absolute atomic E-state index is 0.375. The van der Waals surface area contributed by atoms with E-state index >= 15 is 0 Å². The van der Waals surface area contributed by atoms with E-state index in [4.69, 9.17) is 0 Å². The lowest BCUT2D eigenvalue weighted by Crippen LogP contribution is -2.43. The van der Waals surface area contributed by atoms with Gasteiger partial charge in [-0.1, -0.05) is 32.0 Å². The van der Waals surface area contributed by atoms with Gasteiger partial charge in [0.2, 0.25) is 0 Å². The van der Waals surface area contributed by atoms with Crippen LogP contribution in [-0.2, 0) is 6.42 Å². The van der Waals surface area contributed by atoms with Crippen LogP contribution in [0.1, 0.15) is 51.5 Å². The minimum atomic E-state index is 0.375. The molecule has 1 aliphatic carbocycles. The Labute approximate surface area is 129 Å². The maximum atomic E-state index is 3.75. The van der Waals surface area contributed by atoms with Crippen molar-refractivity contribution in [3.05, 3.63) is 29.8 Å². The van der Waals surface area contributed by atoms with Gasteiger partial charge in [-0.2, -0.15) is 0 Å². The molecule has 0 aromatic heterocycles. The summed E-state index contributed by atoms with van der Waals surface area (Å²) in [5.41, 5.74) is 3.41. The number of aryl methyl sites for hydroxylation is 1. The SMILES string of the molecule is CCC(C)(CNC1CC1)CN1CCCCc2ccccc21. The largest absolute Gasteiger partial charge is 0.371 e. The molecule has 1 saturated carbocycles. The molecule has 2 heteroatoms. The molecule has 0 bridgehead atoms. The van der Waals surface area contributed by atoms with Crippen LogP contribution in [-0.4, -0.2) is 25.7 Å². The molecule has 2 aliphatic rings. The predicted molar refractivity (Wildman–Crippen MR) is 91.0 cm³/mol. The van der Waals surface area contributed by atoms with Gasteiger partial charge in [-0.25, -0.2) is 0 Å². The molecular formula is C19H30N2. The van der Waals surface area contributed by atoms with Crippen molar-refractivity contribution in [2.75, 3.05) is 24.5 Å². The van der Waals surface area contributed by atoms with Gasteiger partial charge in [0.25, 0.3) is 0 Å². The zero-order valence-electron chi connectivity index (χ0n) is 13.7. The third kappa shape index (κ3) is 3.79. The van der Waals surface area contributed by atoms with Gasteiger partial charge in [0.1, 0.15) is 0 Å². The highest BCUT2D eigenvalue weighted by atomic mass is 15.1. The number of nitrogens with zero attached hydrogens (tertiary/aromatic N) is 1. The number of anilines is 1. The van der Waals surface area contributed by atoms with Crippen LogP contribution in [0.4, 0.5) is 5.69 Å². The first-order valence-corrected chi connectivity index (χ1v) is 8.76. The standard InChI is InChI=1S/C19H30N2/c1-3-19(2,14-20-17-11-12-17)15-21-13-7-6-9-16-8-4-5-10-18(16)21/h4-5,8,10,17,20H,3,6-7,9,11-15H2,1-2H3. The van der Waals surface area contributed by atoms with E-state index in [1.165, 1.54) is 57.3 Å². The molecular weight excluding hydrogens is 256 g/mol. The van der Waals surface area contributed by atoms with Crippen molar-refractivity contribution in [1.29, 1.82) is 0 Å². The molecule has 1 aliphatic heterocycles. The summed E-state index contributed by atoms with van der Waals surface area (Å²) in [4.78, 5) is 2.65. The lowest BCUT2D eigenvalue weighted by Gasteiger charge is -2.36. The van der Waals surface area contributed by atoms with Gasteiger partial charge in [-0.05, 0) is 55.6 Å². The number of fused-ring (bicyclic) bond motifs is 1. The molecule has 1 unspecified atom stereocenters. The monoisotopic (exact) mass is 286 g/mol. The Hall–Kier alpha value is -1.02. The first kappa shape index (κ1) is 14.9. The quantitative estimate of drug-likeness (QED) is 0.850. The number of nitrogens with one attached hydrogen (secondary N) is 1. The molecule has 116 valence electrons. The van der Waals surface area contributed by atoms with Gasteiger partial charge in [0.15, 0.2) is 0 Å². The van der Waals surface area contributed by atoms with E-state index in [2.05, 4.69) is 48.3 Å². The van der Waals surface area contributed by atoms with Crippen LogP contribution in [0.3, 0.4) is 0 Å². The van der Waals surface area contributed by atoms with Crippen molar-refractivity contribution in [1.82, 2.24) is 5.32 Å². The highest BCUT2D eigenvalue weighted by Gasteiger charge is 2.30. The maximum absolute atomic E-state index is 3.75. The first-order valence-electron chi connectivity index (χ1n) is 8.76. The van der Waals surface area contributed by atoms with E-state index < -0.39 is 0 Å². The van der Waals surface area contributed by atoms with Crippen LogP contribution in [0.2, 0.25) is 0 Å². The van der Waals surface area contributed by atoms with E-state index in [9.17, 15) is 0 Å². The topological polar surface area (TPSA) is 15.3 Å². The van der Waals surface area contributed by atoms with Crippen LogP contribution in [0.5, 0.6) is 0 Å². The lowest BCUT2D eigenvalue weighted by molar-refractivity contribution is 0.294. The van der Waals surface area contributed by atoms with Gasteiger partial charge in [-0.3, -0.25) is 0 Å². The zero-order valence-corrected chi connectivity index (χ0v) is 13.7. The summed E-state index contributed by atoms with van der Waals surface area (Å²) in [6, 6.07) is 9.84. The second-order valence-corrected chi connectivity index (χ2v) is 7.33. The maximum Gasteiger partial charge on any atom is 0.0398 e. The molecule has 3 rings (SSSR count). The van der Waals surface area contributed by atoms with Gasteiger partial charge in [0.05, 0.1) is 0 Å². The third-order valence-corrected chi connectivity index (χ3v) is 5.28. The highest BCUT2D eigenvalue weighted by Crippen LogP contribution is 2.31. The van der Waals surface area contributed by atoms with Gasteiger partial charge < -0.3 is 10.2 Å². The van der Waals surface area contributed by atoms with Crippen molar-refractivity contribution in [2.24, 2.45) is 5.41 Å². The number of hydrogen-bond acceptors (Lipinski definition) is 2. The fourth-order valence-electron chi connectivity index (χ4n) is 3.37. The normalized spacial score (nSPS) is 21.5. The van der Waals surface area contributed by atoms with E-state index in [0.29, 0.717) is 5.41 Å². The predicted octanol–water partition coefficient (Wildman–Crippen LogP) is 4.00. The fourth-order valence-corrected chi connectivity index (χ4v) is 3.37. The summed E-state index contributed by atoms with van der Waals surface area (Å²) in [6.07, 6.45) is 7.90. The number of hydrogen-bond donors (Lipinski definition) is 1. The van der Waals surface area contributed by atoms with Gasteiger partial charge in [-0.15, -0.1) is 0 Å². The van der Waals surface area contributed by atoms with Gasteiger partial charge in [0, 0.05) is 31.4 Å². The first-order chi connectivity index (χ1) is 10.2. The number of benzene rings is 1. The molecule has 0 saturated heterocycles. The van der Waals surface area contributed by atoms with Crippen molar-refractivity contribution < 1.29 is 0 Å². The molecule has 1 fully saturated rings. The molecule has 1 N–H and O–H groups in total. The highest BCUT2D eigenvalue weighted by molar-refractivity contribution is 5.54. The van der Waals surface area contributed by atoms with Crippen molar-refractivity contribution in [3.63, 3.8) is 0 Å².